The fraction of sp³-hybridized carbons (Fsp3) is 0.429. The Morgan fingerprint density at radius 2 is 1.90 bits per heavy atom. The molecule has 29 heavy (non-hydrogen) atoms. The molecular weight excluding hydrogens is 371 g/mol. The van der Waals surface area contributed by atoms with Crippen molar-refractivity contribution in [3.8, 4) is 0 Å². The van der Waals surface area contributed by atoms with Crippen LogP contribution < -0.4 is 5.32 Å². The van der Waals surface area contributed by atoms with E-state index < -0.39 is 0 Å². The van der Waals surface area contributed by atoms with E-state index in [4.69, 9.17) is 0 Å². The van der Waals surface area contributed by atoms with Crippen LogP contribution in [0.1, 0.15) is 37.6 Å². The van der Waals surface area contributed by atoms with Crippen LogP contribution in [0.5, 0.6) is 0 Å². The van der Waals surface area contributed by atoms with E-state index in [0.717, 1.165) is 31.5 Å². The Balaban J connectivity index is 1.39. The van der Waals surface area contributed by atoms with Gasteiger partial charge in [0.2, 0.25) is 5.91 Å². The maximum atomic E-state index is 13.0. The number of aromatic nitrogens is 4. The normalized spacial score (nSPS) is 15.0. The van der Waals surface area contributed by atoms with Gasteiger partial charge < -0.3 is 10.2 Å². The number of fused-ring (bicyclic) bond motifs is 1. The molecule has 0 bridgehead atoms. The van der Waals surface area contributed by atoms with Gasteiger partial charge in [-0.3, -0.25) is 4.79 Å². The molecule has 0 saturated carbocycles. The van der Waals surface area contributed by atoms with E-state index in [-0.39, 0.29) is 11.7 Å². The lowest BCUT2D eigenvalue weighted by Gasteiger charge is -2.30. The summed E-state index contributed by atoms with van der Waals surface area (Å²) in [6, 6.07) is 10.0. The van der Waals surface area contributed by atoms with Crippen LogP contribution in [0, 0.1) is 11.7 Å². The average molecular weight is 396 g/mol. The van der Waals surface area contributed by atoms with E-state index >= 15 is 0 Å². The zero-order chi connectivity index (χ0) is 20.2. The molecule has 1 saturated heterocycles. The standard InChI is InChI=1S/C21H25FN6O/c1-15-10-12-27(13-11-15)21(29)9-8-20-25-24-19-7-6-18(26-28(19)20)23-14-16-2-4-17(22)5-3-16/h2-7,15H,8-14H2,1H3,(H,23,26). The van der Waals surface area contributed by atoms with Crippen molar-refractivity contribution in [2.75, 3.05) is 18.4 Å². The van der Waals surface area contributed by atoms with Crippen LogP contribution in [0.2, 0.25) is 0 Å². The molecule has 0 unspecified atom stereocenters. The number of carbonyl (C=O) groups is 1. The summed E-state index contributed by atoms with van der Waals surface area (Å²) in [6.45, 7) is 4.45. The van der Waals surface area contributed by atoms with Crippen LogP contribution in [0.4, 0.5) is 10.2 Å². The van der Waals surface area contributed by atoms with Crippen molar-refractivity contribution in [3.05, 3.63) is 53.6 Å². The van der Waals surface area contributed by atoms with Gasteiger partial charge in [-0.05, 0) is 48.6 Å². The molecule has 1 aromatic carbocycles. The van der Waals surface area contributed by atoms with E-state index in [2.05, 4.69) is 27.5 Å². The second-order valence-electron chi connectivity index (χ2n) is 7.65. The number of likely N-dealkylation sites (tertiary alicyclic amines) is 1. The smallest absolute Gasteiger partial charge is 0.223 e. The van der Waals surface area contributed by atoms with Crippen LogP contribution in [0.15, 0.2) is 36.4 Å². The lowest BCUT2D eigenvalue weighted by molar-refractivity contribution is -0.132. The van der Waals surface area contributed by atoms with Crippen LogP contribution in [-0.4, -0.2) is 43.7 Å². The van der Waals surface area contributed by atoms with E-state index in [1.54, 1.807) is 16.6 Å². The Bertz CT molecular complexity index is 979. The zero-order valence-corrected chi connectivity index (χ0v) is 16.5. The van der Waals surface area contributed by atoms with Crippen LogP contribution in [0.25, 0.3) is 5.65 Å². The molecule has 0 radical (unpaired) electrons. The molecule has 1 aliphatic rings. The Kier molecular flexibility index (Phi) is 5.69. The van der Waals surface area contributed by atoms with Gasteiger partial charge in [0.15, 0.2) is 11.5 Å². The molecule has 1 amide bonds. The molecule has 3 aromatic rings. The SMILES string of the molecule is CC1CCN(C(=O)CCc2nnc3ccc(NCc4ccc(F)cc4)nn23)CC1. The summed E-state index contributed by atoms with van der Waals surface area (Å²) in [4.78, 5) is 14.4. The number of carbonyl (C=O) groups excluding carboxylic acids is 1. The highest BCUT2D eigenvalue weighted by molar-refractivity contribution is 5.76. The van der Waals surface area contributed by atoms with Gasteiger partial charge in [0.1, 0.15) is 11.6 Å². The second kappa shape index (κ2) is 8.55. The van der Waals surface area contributed by atoms with Crippen molar-refractivity contribution in [1.82, 2.24) is 24.7 Å². The Hall–Kier alpha value is -3.03. The van der Waals surface area contributed by atoms with Crippen molar-refractivity contribution in [1.29, 1.82) is 0 Å². The molecule has 4 rings (SSSR count). The van der Waals surface area contributed by atoms with Gasteiger partial charge in [0.25, 0.3) is 0 Å². The number of amides is 1. The Morgan fingerprint density at radius 1 is 1.14 bits per heavy atom. The number of nitrogens with one attached hydrogen (secondary N) is 1. The molecule has 0 spiro atoms. The minimum absolute atomic E-state index is 0.166. The quantitative estimate of drug-likeness (QED) is 0.693. The summed E-state index contributed by atoms with van der Waals surface area (Å²) in [5.74, 6) is 1.95. The minimum atomic E-state index is -0.254. The molecule has 1 N–H and O–H groups in total. The summed E-state index contributed by atoms with van der Waals surface area (Å²) < 4.78 is 14.7. The van der Waals surface area contributed by atoms with E-state index in [1.165, 1.54) is 12.1 Å². The molecule has 0 atom stereocenters. The third kappa shape index (κ3) is 4.70. The fourth-order valence-corrected chi connectivity index (χ4v) is 3.51. The summed E-state index contributed by atoms with van der Waals surface area (Å²) in [5, 5.41) is 16.1. The summed E-state index contributed by atoms with van der Waals surface area (Å²) in [6.07, 6.45) is 3.05. The third-order valence-electron chi connectivity index (χ3n) is 5.41. The van der Waals surface area contributed by atoms with Crippen molar-refractivity contribution in [2.24, 2.45) is 5.92 Å². The largest absolute Gasteiger partial charge is 0.365 e. The zero-order valence-electron chi connectivity index (χ0n) is 16.5. The average Bonchev–Trinajstić information content (AvgIpc) is 3.14. The predicted octanol–water partition coefficient (Wildman–Crippen LogP) is 3.07. The number of rotatable bonds is 6. The number of halogens is 1. The van der Waals surface area contributed by atoms with Crippen molar-refractivity contribution >= 4 is 17.4 Å². The second-order valence-corrected chi connectivity index (χ2v) is 7.65. The molecule has 0 aliphatic carbocycles. The van der Waals surface area contributed by atoms with Gasteiger partial charge >= 0.3 is 0 Å². The first kappa shape index (κ1) is 19.3. The van der Waals surface area contributed by atoms with Gasteiger partial charge in [-0.1, -0.05) is 19.1 Å². The summed E-state index contributed by atoms with van der Waals surface area (Å²) in [5.41, 5.74) is 1.60. The molecule has 1 fully saturated rings. The van der Waals surface area contributed by atoms with Gasteiger partial charge in [-0.25, -0.2) is 4.39 Å². The van der Waals surface area contributed by atoms with Gasteiger partial charge in [-0.2, -0.15) is 4.52 Å². The number of anilines is 1. The Morgan fingerprint density at radius 3 is 2.66 bits per heavy atom. The Labute approximate surface area is 168 Å². The van der Waals surface area contributed by atoms with Crippen molar-refractivity contribution < 1.29 is 9.18 Å². The predicted molar refractivity (Wildman–Crippen MR) is 108 cm³/mol. The van der Waals surface area contributed by atoms with Gasteiger partial charge in [0.05, 0.1) is 0 Å². The lowest BCUT2D eigenvalue weighted by Crippen LogP contribution is -2.38. The summed E-state index contributed by atoms with van der Waals surface area (Å²) in [7, 11) is 0. The van der Waals surface area contributed by atoms with E-state index in [0.29, 0.717) is 42.6 Å². The van der Waals surface area contributed by atoms with Gasteiger partial charge in [-0.15, -0.1) is 15.3 Å². The summed E-state index contributed by atoms with van der Waals surface area (Å²) >= 11 is 0. The fourth-order valence-electron chi connectivity index (χ4n) is 3.51. The highest BCUT2D eigenvalue weighted by Gasteiger charge is 2.20. The minimum Gasteiger partial charge on any atom is -0.365 e. The highest BCUT2D eigenvalue weighted by Crippen LogP contribution is 2.17. The number of hydrogen-bond donors (Lipinski definition) is 1. The number of piperidine rings is 1. The molecule has 1 aliphatic heterocycles. The first-order valence-electron chi connectivity index (χ1n) is 10.1. The number of hydrogen-bond acceptors (Lipinski definition) is 5. The molecule has 3 heterocycles. The maximum absolute atomic E-state index is 13.0. The third-order valence-corrected chi connectivity index (χ3v) is 5.41. The number of nitrogens with zero attached hydrogens (tertiary/aromatic N) is 5. The number of aryl methyl sites for hydroxylation is 1. The molecule has 7 nitrogen and oxygen atoms in total. The van der Waals surface area contributed by atoms with E-state index in [1.807, 2.05) is 17.0 Å². The first-order chi connectivity index (χ1) is 14.1. The first-order valence-corrected chi connectivity index (χ1v) is 10.1. The van der Waals surface area contributed by atoms with E-state index in [9.17, 15) is 9.18 Å². The topological polar surface area (TPSA) is 75.4 Å². The number of benzene rings is 1. The van der Waals surface area contributed by atoms with Crippen molar-refractivity contribution in [2.45, 2.75) is 39.2 Å². The molecule has 152 valence electrons. The van der Waals surface area contributed by atoms with Crippen LogP contribution >= 0.6 is 0 Å². The van der Waals surface area contributed by atoms with Gasteiger partial charge in [0, 0.05) is 32.5 Å². The molecule has 8 heteroatoms. The lowest BCUT2D eigenvalue weighted by atomic mass is 9.99. The molecular formula is C21H25FN6O. The maximum Gasteiger partial charge on any atom is 0.223 e. The van der Waals surface area contributed by atoms with Crippen LogP contribution in [-0.2, 0) is 17.8 Å². The molecule has 2 aromatic heterocycles. The monoisotopic (exact) mass is 396 g/mol. The van der Waals surface area contributed by atoms with Crippen molar-refractivity contribution in [3.63, 3.8) is 0 Å². The van der Waals surface area contributed by atoms with Crippen LogP contribution in [0.3, 0.4) is 0 Å². The highest BCUT2D eigenvalue weighted by atomic mass is 19.1.